The molecule has 7 heteroatoms. The van der Waals surface area contributed by atoms with Crippen molar-refractivity contribution in [3.05, 3.63) is 16.1 Å². The lowest BCUT2D eigenvalue weighted by atomic mass is 9.96. The number of likely N-dealkylation sites (tertiary alicyclic amines) is 1. The van der Waals surface area contributed by atoms with Crippen LogP contribution in [0.3, 0.4) is 0 Å². The Hall–Kier alpha value is -1.78. The summed E-state index contributed by atoms with van der Waals surface area (Å²) < 4.78 is 0. The van der Waals surface area contributed by atoms with E-state index in [0.29, 0.717) is 25.2 Å². The minimum Gasteiger partial charge on any atom is -0.356 e. The van der Waals surface area contributed by atoms with E-state index in [0.717, 1.165) is 50.4 Å². The van der Waals surface area contributed by atoms with Crippen LogP contribution in [0.5, 0.6) is 0 Å². The Morgan fingerprint density at radius 1 is 1.42 bits per heavy atom. The summed E-state index contributed by atoms with van der Waals surface area (Å²) in [6.45, 7) is 5.91. The predicted octanol–water partition coefficient (Wildman–Crippen LogP) is 3.14. The van der Waals surface area contributed by atoms with Gasteiger partial charge in [-0.05, 0) is 38.8 Å². The minimum absolute atomic E-state index is 0.0998. The number of hydrogen-bond acceptors (Lipinski definition) is 6. The quantitative estimate of drug-likeness (QED) is 0.676. The zero-order chi connectivity index (χ0) is 18.4. The first-order valence-electron chi connectivity index (χ1n) is 9.36. The molecule has 1 saturated heterocycles. The zero-order valence-corrected chi connectivity index (χ0v) is 16.2. The van der Waals surface area contributed by atoms with Crippen LogP contribution in [-0.4, -0.2) is 41.1 Å². The molecule has 0 aromatic carbocycles. The fourth-order valence-corrected chi connectivity index (χ4v) is 3.99. The van der Waals surface area contributed by atoms with E-state index in [4.69, 9.17) is 6.42 Å². The number of aromatic nitrogens is 1. The molecule has 3 rings (SSSR count). The van der Waals surface area contributed by atoms with Crippen molar-refractivity contribution >= 4 is 17.2 Å². The number of terminal acetylenes is 1. The molecule has 0 unspecified atom stereocenters. The van der Waals surface area contributed by atoms with Gasteiger partial charge in [-0.25, -0.2) is 4.98 Å². The summed E-state index contributed by atoms with van der Waals surface area (Å²) in [6, 6.07) is 0. The molecule has 0 radical (unpaired) electrons. The van der Waals surface area contributed by atoms with Crippen molar-refractivity contribution in [1.29, 1.82) is 0 Å². The Kier molecular flexibility index (Phi) is 6.38. The lowest BCUT2D eigenvalue weighted by Gasteiger charge is -2.31. The molecule has 140 valence electrons. The molecule has 2 aliphatic heterocycles. The highest BCUT2D eigenvalue weighted by Gasteiger charge is 2.39. The number of thiazole rings is 1. The van der Waals surface area contributed by atoms with Crippen molar-refractivity contribution in [3.63, 3.8) is 0 Å². The summed E-state index contributed by atoms with van der Waals surface area (Å²) >= 11 is 1.71. The number of hydrogen-bond donors (Lipinski definition) is 1. The normalized spacial score (nSPS) is 19.2. The standard InChI is InChI=1S/C19H27N5OS/c1-3-4-8-19(22-23-19)9-5-18(25)20-12-16-6-10-24(11-7-16)13-17-14-26-15(2)21-17/h1,14,16H,4-13H2,2H3,(H,20,25). The van der Waals surface area contributed by atoms with E-state index in [1.807, 2.05) is 6.92 Å². The Balaban J connectivity index is 1.29. The predicted molar refractivity (Wildman–Crippen MR) is 103 cm³/mol. The van der Waals surface area contributed by atoms with Crippen LogP contribution in [0.1, 0.15) is 49.2 Å². The van der Waals surface area contributed by atoms with E-state index >= 15 is 0 Å². The van der Waals surface area contributed by atoms with Crippen LogP contribution in [0.25, 0.3) is 0 Å². The van der Waals surface area contributed by atoms with Crippen molar-refractivity contribution in [2.45, 2.75) is 57.7 Å². The van der Waals surface area contributed by atoms with Gasteiger partial charge in [0.2, 0.25) is 5.91 Å². The molecule has 26 heavy (non-hydrogen) atoms. The second kappa shape index (κ2) is 8.74. The maximum absolute atomic E-state index is 12.1. The monoisotopic (exact) mass is 373 g/mol. The van der Waals surface area contributed by atoms with Gasteiger partial charge in [0, 0.05) is 44.2 Å². The Morgan fingerprint density at radius 2 is 2.19 bits per heavy atom. The topological polar surface area (TPSA) is 70.0 Å². The van der Waals surface area contributed by atoms with Gasteiger partial charge < -0.3 is 5.32 Å². The molecule has 1 aromatic heterocycles. The number of amides is 1. The van der Waals surface area contributed by atoms with Crippen LogP contribution < -0.4 is 5.32 Å². The van der Waals surface area contributed by atoms with Crippen LogP contribution in [0.4, 0.5) is 0 Å². The third-order valence-electron chi connectivity index (χ3n) is 5.15. The molecule has 0 bridgehead atoms. The summed E-state index contributed by atoms with van der Waals surface area (Å²) in [4.78, 5) is 19.1. The second-order valence-electron chi connectivity index (χ2n) is 7.27. The summed E-state index contributed by atoms with van der Waals surface area (Å²) in [5, 5.41) is 14.5. The molecule has 1 fully saturated rings. The van der Waals surface area contributed by atoms with Crippen LogP contribution >= 0.6 is 11.3 Å². The number of piperidine rings is 1. The first-order chi connectivity index (χ1) is 12.6. The van der Waals surface area contributed by atoms with Gasteiger partial charge in [0.05, 0.1) is 10.7 Å². The van der Waals surface area contributed by atoms with Crippen molar-refractivity contribution in [1.82, 2.24) is 15.2 Å². The minimum atomic E-state index is -0.358. The largest absolute Gasteiger partial charge is 0.356 e. The van der Waals surface area contributed by atoms with Crippen molar-refractivity contribution in [3.8, 4) is 12.3 Å². The van der Waals surface area contributed by atoms with Crippen LogP contribution in [0.2, 0.25) is 0 Å². The number of nitrogens with one attached hydrogen (secondary N) is 1. The summed E-state index contributed by atoms with van der Waals surface area (Å²) in [5.41, 5.74) is 0.817. The van der Waals surface area contributed by atoms with E-state index < -0.39 is 0 Å². The van der Waals surface area contributed by atoms with Crippen molar-refractivity contribution in [2.24, 2.45) is 16.1 Å². The molecule has 6 nitrogen and oxygen atoms in total. The average molecular weight is 374 g/mol. The summed E-state index contributed by atoms with van der Waals surface area (Å²) in [7, 11) is 0. The van der Waals surface area contributed by atoms with Crippen LogP contribution in [-0.2, 0) is 11.3 Å². The number of aryl methyl sites for hydroxylation is 1. The van der Waals surface area contributed by atoms with Gasteiger partial charge in [-0.2, -0.15) is 10.2 Å². The fourth-order valence-electron chi connectivity index (χ4n) is 3.39. The third kappa shape index (κ3) is 5.61. The number of rotatable bonds is 9. The Morgan fingerprint density at radius 3 is 2.81 bits per heavy atom. The molecule has 0 aliphatic carbocycles. The second-order valence-corrected chi connectivity index (χ2v) is 8.33. The lowest BCUT2D eigenvalue weighted by molar-refractivity contribution is -0.121. The number of carbonyl (C=O) groups is 1. The Labute approximate surface area is 159 Å². The third-order valence-corrected chi connectivity index (χ3v) is 5.97. The van der Waals surface area contributed by atoms with Gasteiger partial charge in [0.15, 0.2) is 5.66 Å². The van der Waals surface area contributed by atoms with Gasteiger partial charge >= 0.3 is 0 Å². The molecule has 0 spiro atoms. The van der Waals surface area contributed by atoms with E-state index in [-0.39, 0.29) is 11.6 Å². The average Bonchev–Trinajstić information content (AvgIpc) is 3.31. The zero-order valence-electron chi connectivity index (χ0n) is 15.4. The Bertz CT molecular complexity index is 678. The molecular weight excluding hydrogens is 346 g/mol. The molecule has 0 saturated carbocycles. The molecule has 1 amide bonds. The van der Waals surface area contributed by atoms with Gasteiger partial charge in [-0.15, -0.1) is 23.7 Å². The van der Waals surface area contributed by atoms with Gasteiger partial charge in [-0.1, -0.05) is 0 Å². The smallest absolute Gasteiger partial charge is 0.220 e. The molecule has 1 N–H and O–H groups in total. The number of nitrogens with zero attached hydrogens (tertiary/aromatic N) is 4. The molecular formula is C19H27N5OS. The molecule has 0 atom stereocenters. The van der Waals surface area contributed by atoms with Gasteiger partial charge in [0.1, 0.15) is 0 Å². The molecule has 1 aromatic rings. The molecule has 2 aliphatic rings. The fraction of sp³-hybridized carbons (Fsp3) is 0.684. The van der Waals surface area contributed by atoms with E-state index in [2.05, 4.69) is 36.7 Å². The van der Waals surface area contributed by atoms with E-state index in [1.165, 1.54) is 5.69 Å². The highest BCUT2D eigenvalue weighted by Crippen LogP contribution is 2.37. The highest BCUT2D eigenvalue weighted by atomic mass is 32.1. The maximum Gasteiger partial charge on any atom is 0.220 e. The van der Waals surface area contributed by atoms with E-state index in [9.17, 15) is 4.79 Å². The highest BCUT2D eigenvalue weighted by molar-refractivity contribution is 7.09. The maximum atomic E-state index is 12.1. The SMILES string of the molecule is C#CCCC1(CCC(=O)NCC2CCN(Cc3csc(C)n3)CC2)N=N1. The summed E-state index contributed by atoms with van der Waals surface area (Å²) in [5.74, 6) is 3.28. The van der Waals surface area contributed by atoms with Crippen LogP contribution in [0.15, 0.2) is 15.6 Å². The van der Waals surface area contributed by atoms with Crippen molar-refractivity contribution in [2.75, 3.05) is 19.6 Å². The summed E-state index contributed by atoms with van der Waals surface area (Å²) in [6.07, 6.45) is 10.1. The van der Waals surface area contributed by atoms with Crippen molar-refractivity contribution < 1.29 is 4.79 Å². The van der Waals surface area contributed by atoms with Gasteiger partial charge in [-0.3, -0.25) is 9.69 Å². The first-order valence-corrected chi connectivity index (χ1v) is 10.2. The number of carbonyl (C=O) groups excluding carboxylic acids is 1. The van der Waals surface area contributed by atoms with Gasteiger partial charge in [0.25, 0.3) is 0 Å². The molecule has 3 heterocycles. The van der Waals surface area contributed by atoms with Crippen LogP contribution in [0, 0.1) is 25.2 Å². The van der Waals surface area contributed by atoms with E-state index in [1.54, 1.807) is 11.3 Å². The lowest BCUT2D eigenvalue weighted by Crippen LogP contribution is -2.38. The first kappa shape index (κ1) is 19.0.